The molecule has 168 valence electrons. The molecule has 0 bridgehead atoms. The molecule has 1 aromatic carbocycles. The first-order valence-corrected chi connectivity index (χ1v) is 10.7. The van der Waals surface area contributed by atoms with Crippen molar-refractivity contribution in [2.45, 2.75) is 31.7 Å². The molecule has 0 radical (unpaired) electrons. The van der Waals surface area contributed by atoms with Gasteiger partial charge in [0.1, 0.15) is 11.5 Å². The topological polar surface area (TPSA) is 88.3 Å². The summed E-state index contributed by atoms with van der Waals surface area (Å²) in [6, 6.07) is 12.2. The van der Waals surface area contributed by atoms with Gasteiger partial charge in [0.05, 0.1) is 20.5 Å². The fourth-order valence-electron chi connectivity index (χ4n) is 3.53. The maximum atomic E-state index is 11.7. The van der Waals surface area contributed by atoms with Crippen molar-refractivity contribution >= 4 is 12.1 Å². The van der Waals surface area contributed by atoms with Gasteiger partial charge < -0.3 is 29.4 Å². The highest BCUT2D eigenvalue weighted by Gasteiger charge is 2.23. The number of furan rings is 1. The zero-order valence-corrected chi connectivity index (χ0v) is 18.3. The maximum Gasteiger partial charge on any atom is 0.409 e. The number of aliphatic imine (C=N–C) groups is 1. The summed E-state index contributed by atoms with van der Waals surface area (Å²) >= 11 is 0. The fraction of sp³-hybridized carbons (Fsp3) is 0.478. The Balaban J connectivity index is 1.52. The summed E-state index contributed by atoms with van der Waals surface area (Å²) in [5.41, 5.74) is 1.23. The highest BCUT2D eigenvalue weighted by Crippen LogP contribution is 2.12. The lowest BCUT2D eigenvalue weighted by Gasteiger charge is -2.32. The predicted molar refractivity (Wildman–Crippen MR) is 120 cm³/mol. The number of piperidine rings is 1. The Morgan fingerprint density at radius 3 is 2.58 bits per heavy atom. The van der Waals surface area contributed by atoms with E-state index in [4.69, 9.17) is 18.9 Å². The van der Waals surface area contributed by atoms with E-state index in [1.165, 1.54) is 12.7 Å². The molecule has 2 N–H and O–H groups in total. The minimum Gasteiger partial charge on any atom is -0.497 e. The van der Waals surface area contributed by atoms with E-state index in [9.17, 15) is 4.79 Å². The summed E-state index contributed by atoms with van der Waals surface area (Å²) in [6.07, 6.45) is 4.76. The highest BCUT2D eigenvalue weighted by molar-refractivity contribution is 5.80. The second-order valence-electron chi connectivity index (χ2n) is 7.46. The van der Waals surface area contributed by atoms with Gasteiger partial charge in [-0.15, -0.1) is 0 Å². The molecule has 0 aliphatic carbocycles. The summed E-state index contributed by atoms with van der Waals surface area (Å²) in [6.45, 7) is 2.75. The van der Waals surface area contributed by atoms with E-state index in [1.54, 1.807) is 18.3 Å². The van der Waals surface area contributed by atoms with Crippen LogP contribution in [-0.2, 0) is 17.6 Å². The highest BCUT2D eigenvalue weighted by atomic mass is 16.5. The Hall–Kier alpha value is -3.16. The molecule has 0 atom stereocenters. The predicted octanol–water partition coefficient (Wildman–Crippen LogP) is 2.84. The summed E-state index contributed by atoms with van der Waals surface area (Å²) in [7, 11) is 3.09. The number of ether oxygens (including phenoxy) is 2. The van der Waals surface area contributed by atoms with Gasteiger partial charge in [-0.1, -0.05) is 12.1 Å². The third kappa shape index (κ3) is 7.24. The quantitative estimate of drug-likeness (QED) is 0.497. The van der Waals surface area contributed by atoms with E-state index < -0.39 is 0 Å². The molecular weight excluding hydrogens is 396 g/mol. The van der Waals surface area contributed by atoms with Crippen molar-refractivity contribution in [3.8, 4) is 5.75 Å². The number of carbonyl (C=O) groups excluding carboxylic acids is 1. The molecule has 0 saturated carbocycles. The molecule has 1 amide bonds. The molecule has 0 spiro atoms. The first-order valence-electron chi connectivity index (χ1n) is 10.7. The number of hydrogen-bond donors (Lipinski definition) is 2. The van der Waals surface area contributed by atoms with Crippen molar-refractivity contribution in [1.82, 2.24) is 15.5 Å². The van der Waals surface area contributed by atoms with Crippen molar-refractivity contribution in [2.24, 2.45) is 4.99 Å². The molecule has 8 heteroatoms. The Labute approximate surface area is 183 Å². The molecule has 1 aliphatic heterocycles. The van der Waals surface area contributed by atoms with E-state index in [0.29, 0.717) is 19.6 Å². The van der Waals surface area contributed by atoms with Gasteiger partial charge in [0, 0.05) is 38.6 Å². The standard InChI is InChI=1S/C23H32N4O4/c1-29-20-7-5-18(6-8-20)9-13-24-22(25-14-10-21-4-3-17-31-21)26-19-11-15-27(16-12-19)23(28)30-2/h3-8,17,19H,9-16H2,1-2H3,(H2,24,25,26). The molecule has 8 nitrogen and oxygen atoms in total. The van der Waals surface area contributed by atoms with Gasteiger partial charge in [-0.2, -0.15) is 0 Å². The van der Waals surface area contributed by atoms with Gasteiger partial charge in [0.25, 0.3) is 0 Å². The van der Waals surface area contributed by atoms with Crippen LogP contribution in [0, 0.1) is 0 Å². The van der Waals surface area contributed by atoms with Crippen LogP contribution in [0.25, 0.3) is 0 Å². The van der Waals surface area contributed by atoms with Crippen LogP contribution in [0.5, 0.6) is 5.75 Å². The first kappa shape index (κ1) is 22.5. The van der Waals surface area contributed by atoms with E-state index in [1.807, 2.05) is 24.3 Å². The average molecular weight is 429 g/mol. The molecule has 3 rings (SSSR count). The Morgan fingerprint density at radius 1 is 1.16 bits per heavy atom. The van der Waals surface area contributed by atoms with Crippen LogP contribution in [0.4, 0.5) is 4.79 Å². The normalized spacial score (nSPS) is 14.9. The SMILES string of the molecule is COC(=O)N1CCC(NC(=NCCc2ccco2)NCCc2ccc(OC)cc2)CC1. The number of nitrogens with one attached hydrogen (secondary N) is 2. The third-order valence-electron chi connectivity index (χ3n) is 5.34. The van der Waals surface area contributed by atoms with Crippen LogP contribution in [0.2, 0.25) is 0 Å². The van der Waals surface area contributed by atoms with Crippen LogP contribution in [0.1, 0.15) is 24.2 Å². The van der Waals surface area contributed by atoms with Crippen LogP contribution in [0.3, 0.4) is 0 Å². The van der Waals surface area contributed by atoms with Gasteiger partial charge in [-0.25, -0.2) is 4.79 Å². The fourth-order valence-corrected chi connectivity index (χ4v) is 3.53. The number of likely N-dealkylation sites (tertiary alicyclic amines) is 1. The zero-order chi connectivity index (χ0) is 21.9. The minimum atomic E-state index is -0.261. The van der Waals surface area contributed by atoms with Gasteiger partial charge in [0.15, 0.2) is 5.96 Å². The third-order valence-corrected chi connectivity index (χ3v) is 5.34. The second kappa shape index (κ2) is 11.9. The summed E-state index contributed by atoms with van der Waals surface area (Å²) in [5.74, 6) is 2.57. The second-order valence-corrected chi connectivity index (χ2v) is 7.46. The zero-order valence-electron chi connectivity index (χ0n) is 18.3. The Kier molecular flexibility index (Phi) is 8.63. The molecule has 1 aliphatic rings. The molecule has 1 saturated heterocycles. The molecule has 0 unspecified atom stereocenters. The lowest BCUT2D eigenvalue weighted by Crippen LogP contribution is -2.50. The van der Waals surface area contributed by atoms with Gasteiger partial charge >= 0.3 is 6.09 Å². The molecule has 1 fully saturated rings. The number of hydrogen-bond acceptors (Lipinski definition) is 5. The lowest BCUT2D eigenvalue weighted by molar-refractivity contribution is 0.111. The van der Waals surface area contributed by atoms with Crippen molar-refractivity contribution in [2.75, 3.05) is 40.4 Å². The molecular formula is C23H32N4O4. The van der Waals surface area contributed by atoms with E-state index in [0.717, 1.165) is 49.7 Å². The van der Waals surface area contributed by atoms with E-state index in [2.05, 4.69) is 22.8 Å². The van der Waals surface area contributed by atoms with Gasteiger partial charge in [0.2, 0.25) is 0 Å². The first-order chi connectivity index (χ1) is 15.2. The average Bonchev–Trinajstić information content (AvgIpc) is 3.33. The van der Waals surface area contributed by atoms with Crippen molar-refractivity contribution in [3.63, 3.8) is 0 Å². The van der Waals surface area contributed by atoms with E-state index in [-0.39, 0.29) is 12.1 Å². The van der Waals surface area contributed by atoms with Crippen LogP contribution in [-0.4, -0.2) is 63.4 Å². The smallest absolute Gasteiger partial charge is 0.409 e. The molecule has 2 aromatic rings. The molecule has 1 aromatic heterocycles. The number of methoxy groups -OCH3 is 2. The van der Waals surface area contributed by atoms with E-state index >= 15 is 0 Å². The lowest BCUT2D eigenvalue weighted by atomic mass is 10.1. The van der Waals surface area contributed by atoms with Crippen molar-refractivity contribution in [1.29, 1.82) is 0 Å². The number of nitrogens with zero attached hydrogens (tertiary/aromatic N) is 2. The molecule has 2 heterocycles. The summed E-state index contributed by atoms with van der Waals surface area (Å²) in [5, 5.41) is 6.97. The maximum absolute atomic E-state index is 11.7. The van der Waals surface area contributed by atoms with Gasteiger partial charge in [-0.3, -0.25) is 4.99 Å². The van der Waals surface area contributed by atoms with Gasteiger partial charge in [-0.05, 0) is 49.1 Å². The Morgan fingerprint density at radius 2 is 1.94 bits per heavy atom. The number of rotatable bonds is 8. The van der Waals surface area contributed by atoms with Crippen LogP contribution < -0.4 is 15.4 Å². The minimum absolute atomic E-state index is 0.261. The van der Waals surface area contributed by atoms with Crippen LogP contribution in [0.15, 0.2) is 52.1 Å². The van der Waals surface area contributed by atoms with Crippen LogP contribution >= 0.6 is 0 Å². The summed E-state index contributed by atoms with van der Waals surface area (Å²) < 4.78 is 15.4. The number of benzene rings is 1. The largest absolute Gasteiger partial charge is 0.497 e. The monoisotopic (exact) mass is 428 g/mol. The van der Waals surface area contributed by atoms with Crippen molar-refractivity contribution in [3.05, 3.63) is 54.0 Å². The molecule has 31 heavy (non-hydrogen) atoms. The Bertz CT molecular complexity index is 813. The summed E-state index contributed by atoms with van der Waals surface area (Å²) in [4.78, 5) is 18.2. The number of carbonyl (C=O) groups is 1. The van der Waals surface area contributed by atoms with Crippen molar-refractivity contribution < 1.29 is 18.7 Å². The number of guanidine groups is 1. The number of amides is 1.